The summed E-state index contributed by atoms with van der Waals surface area (Å²) in [5.74, 6) is -0.109. The van der Waals surface area contributed by atoms with Gasteiger partial charge in [-0.3, -0.25) is 14.4 Å². The molecule has 196 valence electrons. The molecule has 0 spiro atoms. The van der Waals surface area contributed by atoms with Crippen LogP contribution in [0.3, 0.4) is 0 Å². The van der Waals surface area contributed by atoms with Crippen LogP contribution in [0.4, 0.5) is 4.79 Å². The van der Waals surface area contributed by atoms with Crippen molar-refractivity contribution >= 4 is 35.5 Å². The fourth-order valence-corrected chi connectivity index (χ4v) is 3.80. The van der Waals surface area contributed by atoms with Crippen molar-refractivity contribution in [2.24, 2.45) is 11.8 Å². The highest BCUT2D eigenvalue weighted by Gasteiger charge is 2.29. The van der Waals surface area contributed by atoms with Crippen LogP contribution in [0.15, 0.2) is 30.3 Å². The molecule has 1 aromatic rings. The molecule has 1 aromatic carbocycles. The van der Waals surface area contributed by atoms with Gasteiger partial charge in [0.25, 0.3) is 0 Å². The number of hydrogen-bond donors (Lipinski definition) is 3. The van der Waals surface area contributed by atoms with Gasteiger partial charge in [0.2, 0.25) is 11.8 Å². The van der Waals surface area contributed by atoms with E-state index in [-0.39, 0.29) is 24.2 Å². The Bertz CT molecular complexity index is 816. The fourth-order valence-electron chi connectivity index (χ4n) is 3.32. The third-order valence-corrected chi connectivity index (χ3v) is 5.84. The first-order valence-electron chi connectivity index (χ1n) is 12.1. The van der Waals surface area contributed by atoms with E-state index in [4.69, 9.17) is 4.74 Å². The van der Waals surface area contributed by atoms with Gasteiger partial charge in [-0.2, -0.15) is 11.8 Å². The fraction of sp³-hybridized carbons (Fsp3) is 0.615. The quantitative estimate of drug-likeness (QED) is 0.336. The number of Topliss-reactive ketones (excluding diaryl/α,β-unsaturated/α-hetero) is 1. The molecule has 1 rings (SSSR count). The number of benzene rings is 1. The zero-order chi connectivity index (χ0) is 26.4. The molecular formula is C26H41N3O5S. The topological polar surface area (TPSA) is 114 Å². The molecule has 3 atom stereocenters. The summed E-state index contributed by atoms with van der Waals surface area (Å²) >= 11 is 1.55. The molecule has 0 heterocycles. The van der Waals surface area contributed by atoms with Crippen molar-refractivity contribution in [1.82, 2.24) is 16.0 Å². The number of ether oxygens (including phenoxy) is 1. The van der Waals surface area contributed by atoms with Crippen LogP contribution in [0.5, 0.6) is 0 Å². The molecule has 0 aromatic heterocycles. The summed E-state index contributed by atoms with van der Waals surface area (Å²) < 4.78 is 5.16. The Morgan fingerprint density at radius 3 is 2.00 bits per heavy atom. The monoisotopic (exact) mass is 507 g/mol. The summed E-state index contributed by atoms with van der Waals surface area (Å²) in [7, 11) is 0. The van der Waals surface area contributed by atoms with Crippen LogP contribution >= 0.6 is 11.8 Å². The lowest BCUT2D eigenvalue weighted by Crippen LogP contribution is -2.56. The Labute approximate surface area is 213 Å². The van der Waals surface area contributed by atoms with Crippen LogP contribution in [-0.4, -0.2) is 60.4 Å². The average Bonchev–Trinajstić information content (AvgIpc) is 2.79. The van der Waals surface area contributed by atoms with Crippen LogP contribution in [0, 0.1) is 11.8 Å². The maximum atomic E-state index is 13.2. The number of carbonyl (C=O) groups is 4. The van der Waals surface area contributed by atoms with Gasteiger partial charge in [-0.05, 0) is 55.6 Å². The zero-order valence-electron chi connectivity index (χ0n) is 21.8. The van der Waals surface area contributed by atoms with E-state index in [0.29, 0.717) is 25.0 Å². The van der Waals surface area contributed by atoms with Gasteiger partial charge in [0.05, 0.1) is 12.6 Å². The van der Waals surface area contributed by atoms with Gasteiger partial charge < -0.3 is 20.7 Å². The second kappa shape index (κ2) is 16.2. The lowest BCUT2D eigenvalue weighted by Gasteiger charge is -2.26. The number of rotatable bonds is 15. The molecule has 0 radical (unpaired) electrons. The Morgan fingerprint density at radius 1 is 0.857 bits per heavy atom. The number of hydrogen-bond acceptors (Lipinski definition) is 6. The molecule has 0 aliphatic heterocycles. The minimum absolute atomic E-state index is 0.115. The summed E-state index contributed by atoms with van der Waals surface area (Å²) in [5.41, 5.74) is 0.929. The molecular weight excluding hydrogens is 466 g/mol. The van der Waals surface area contributed by atoms with Crippen molar-refractivity contribution in [3.05, 3.63) is 35.9 Å². The van der Waals surface area contributed by atoms with Crippen molar-refractivity contribution in [1.29, 1.82) is 0 Å². The van der Waals surface area contributed by atoms with Crippen molar-refractivity contribution in [2.75, 3.05) is 18.6 Å². The summed E-state index contributed by atoms with van der Waals surface area (Å²) in [6.45, 7) is 9.43. The largest absolute Gasteiger partial charge is 0.449 e. The standard InChI is InChI=1S/C26H41N3O5S/c1-17(2)14-23(25(32)27-22(19(5)30)15-20-10-8-7-9-11-20)28-24(31)21(12-13-35-6)29-26(33)34-16-18(3)4/h7-11,17-18,21-23H,12-16H2,1-6H3,(H,27,32)(H,28,31)(H,29,33). The van der Waals surface area contributed by atoms with Gasteiger partial charge in [-0.1, -0.05) is 58.0 Å². The Kier molecular flexibility index (Phi) is 14.1. The molecule has 0 aliphatic rings. The van der Waals surface area contributed by atoms with Crippen molar-refractivity contribution < 1.29 is 23.9 Å². The lowest BCUT2D eigenvalue weighted by molar-refractivity contribution is -0.132. The molecule has 3 amide bonds. The number of nitrogens with one attached hydrogen (secondary N) is 3. The Morgan fingerprint density at radius 2 is 1.46 bits per heavy atom. The minimum Gasteiger partial charge on any atom is -0.449 e. The normalized spacial score (nSPS) is 13.6. The van der Waals surface area contributed by atoms with Gasteiger partial charge in [-0.25, -0.2) is 4.79 Å². The van der Waals surface area contributed by atoms with E-state index in [2.05, 4.69) is 16.0 Å². The van der Waals surface area contributed by atoms with Gasteiger partial charge >= 0.3 is 6.09 Å². The Balaban J connectivity index is 2.92. The first kappa shape index (κ1) is 30.5. The average molecular weight is 508 g/mol. The molecule has 8 nitrogen and oxygen atoms in total. The highest BCUT2D eigenvalue weighted by atomic mass is 32.2. The van der Waals surface area contributed by atoms with E-state index in [0.717, 1.165) is 5.56 Å². The van der Waals surface area contributed by atoms with Crippen LogP contribution in [0.25, 0.3) is 0 Å². The maximum Gasteiger partial charge on any atom is 0.407 e. The van der Waals surface area contributed by atoms with Gasteiger partial charge in [0, 0.05) is 0 Å². The molecule has 3 N–H and O–H groups in total. The molecule has 3 unspecified atom stereocenters. The SMILES string of the molecule is CSCCC(NC(=O)OCC(C)C)C(=O)NC(CC(C)C)C(=O)NC(Cc1ccccc1)C(C)=O. The van der Waals surface area contributed by atoms with Crippen molar-refractivity contribution in [3.63, 3.8) is 0 Å². The van der Waals surface area contributed by atoms with Gasteiger partial charge in [0.1, 0.15) is 12.1 Å². The third-order valence-electron chi connectivity index (χ3n) is 5.20. The molecule has 35 heavy (non-hydrogen) atoms. The number of amides is 3. The highest BCUT2D eigenvalue weighted by Crippen LogP contribution is 2.10. The predicted molar refractivity (Wildman–Crippen MR) is 140 cm³/mol. The van der Waals surface area contributed by atoms with Gasteiger partial charge in [0.15, 0.2) is 5.78 Å². The smallest absolute Gasteiger partial charge is 0.407 e. The van der Waals surface area contributed by atoms with Crippen LogP contribution in [-0.2, 0) is 25.5 Å². The summed E-state index contributed by atoms with van der Waals surface area (Å²) in [6, 6.07) is 7.06. The zero-order valence-corrected chi connectivity index (χ0v) is 22.6. The molecule has 0 aliphatic carbocycles. The predicted octanol–water partition coefficient (Wildman–Crippen LogP) is 3.34. The lowest BCUT2D eigenvalue weighted by atomic mass is 9.99. The summed E-state index contributed by atoms with van der Waals surface area (Å²) in [4.78, 5) is 50.7. The summed E-state index contributed by atoms with van der Waals surface area (Å²) in [5, 5.41) is 8.23. The second-order valence-corrected chi connectivity index (χ2v) is 10.5. The number of alkyl carbamates (subject to hydrolysis) is 1. The van der Waals surface area contributed by atoms with E-state index in [9.17, 15) is 19.2 Å². The highest BCUT2D eigenvalue weighted by molar-refractivity contribution is 7.98. The van der Waals surface area contributed by atoms with E-state index in [1.165, 1.54) is 6.92 Å². The van der Waals surface area contributed by atoms with Crippen LogP contribution in [0.1, 0.15) is 53.0 Å². The number of carbonyl (C=O) groups excluding carboxylic acids is 4. The Hall–Kier alpha value is -2.55. The van der Waals surface area contributed by atoms with Crippen molar-refractivity contribution in [3.8, 4) is 0 Å². The van der Waals surface area contributed by atoms with Crippen molar-refractivity contribution in [2.45, 2.75) is 72.0 Å². The second-order valence-electron chi connectivity index (χ2n) is 9.52. The first-order chi connectivity index (χ1) is 16.5. The minimum atomic E-state index is -0.842. The van der Waals surface area contributed by atoms with E-state index in [1.54, 1.807) is 11.8 Å². The van der Waals surface area contributed by atoms with Crippen LogP contribution in [0.2, 0.25) is 0 Å². The van der Waals surface area contributed by atoms with E-state index >= 15 is 0 Å². The van der Waals surface area contributed by atoms with E-state index < -0.39 is 36.0 Å². The third kappa shape index (κ3) is 12.6. The molecule has 0 saturated heterocycles. The molecule has 0 saturated carbocycles. The summed E-state index contributed by atoms with van der Waals surface area (Å²) in [6.07, 6.45) is 2.40. The maximum absolute atomic E-state index is 13.2. The van der Waals surface area contributed by atoms with Crippen LogP contribution < -0.4 is 16.0 Å². The molecule has 9 heteroatoms. The molecule has 0 bridgehead atoms. The van der Waals surface area contributed by atoms with Gasteiger partial charge in [-0.15, -0.1) is 0 Å². The van der Waals surface area contributed by atoms with E-state index in [1.807, 2.05) is 64.3 Å². The first-order valence-corrected chi connectivity index (χ1v) is 13.5. The number of thioether (sulfide) groups is 1. The number of ketones is 1. The molecule has 0 fully saturated rings.